The summed E-state index contributed by atoms with van der Waals surface area (Å²) in [6.45, 7) is 3.42. The highest BCUT2D eigenvalue weighted by Crippen LogP contribution is 2.16. The number of ether oxygens (including phenoxy) is 1. The molecular weight excluding hydrogens is 240 g/mol. The van der Waals surface area contributed by atoms with Crippen LogP contribution in [0.3, 0.4) is 0 Å². The van der Waals surface area contributed by atoms with E-state index >= 15 is 0 Å². The highest BCUT2D eigenvalue weighted by Gasteiger charge is 2.10. The van der Waals surface area contributed by atoms with Crippen molar-refractivity contribution in [2.45, 2.75) is 25.8 Å². The maximum atomic E-state index is 11.5. The van der Waals surface area contributed by atoms with Crippen LogP contribution in [-0.2, 0) is 16.1 Å². The van der Waals surface area contributed by atoms with E-state index in [1.165, 1.54) is 45.0 Å². The van der Waals surface area contributed by atoms with E-state index in [1.54, 1.807) is 0 Å². The first kappa shape index (κ1) is 14.0. The quantitative estimate of drug-likeness (QED) is 0.885. The molecule has 1 N–H and O–H groups in total. The molecule has 0 radical (unpaired) electrons. The minimum Gasteiger partial charge on any atom is -0.375 e. The van der Waals surface area contributed by atoms with Gasteiger partial charge in [0.15, 0.2) is 0 Å². The number of piperidine rings is 1. The molecule has 4 heteroatoms. The first-order valence-electron chi connectivity index (χ1n) is 6.88. The second kappa shape index (κ2) is 7.26. The maximum Gasteiger partial charge on any atom is 0.250 e. The molecule has 0 aromatic heterocycles. The molecule has 19 heavy (non-hydrogen) atoms. The van der Waals surface area contributed by atoms with Crippen LogP contribution in [0.5, 0.6) is 0 Å². The standard InChI is InChI=1S/C15H22N2O2/c1-19-12-15(18)16-14-7-5-6-13(10-14)11-17-8-3-2-4-9-17/h5-7,10H,2-4,8-9,11-12H2,1H3,(H,16,18). The second-order valence-electron chi connectivity index (χ2n) is 5.02. The number of nitrogens with one attached hydrogen (secondary N) is 1. The van der Waals surface area contributed by atoms with Crippen molar-refractivity contribution in [3.63, 3.8) is 0 Å². The molecule has 104 valence electrons. The van der Waals surface area contributed by atoms with Crippen molar-refractivity contribution in [2.24, 2.45) is 0 Å². The van der Waals surface area contributed by atoms with Crippen LogP contribution < -0.4 is 5.32 Å². The Balaban J connectivity index is 1.92. The molecule has 0 spiro atoms. The van der Waals surface area contributed by atoms with E-state index in [2.05, 4.69) is 16.3 Å². The zero-order valence-electron chi connectivity index (χ0n) is 11.5. The summed E-state index contributed by atoms with van der Waals surface area (Å²) >= 11 is 0. The van der Waals surface area contributed by atoms with Gasteiger partial charge in [0.25, 0.3) is 0 Å². The first-order chi connectivity index (χ1) is 9.28. The zero-order valence-corrected chi connectivity index (χ0v) is 11.5. The van der Waals surface area contributed by atoms with Crippen molar-refractivity contribution in [3.8, 4) is 0 Å². The van der Waals surface area contributed by atoms with E-state index < -0.39 is 0 Å². The molecule has 1 fully saturated rings. The summed E-state index contributed by atoms with van der Waals surface area (Å²) in [6, 6.07) is 8.05. The Morgan fingerprint density at radius 2 is 2.11 bits per heavy atom. The van der Waals surface area contributed by atoms with Gasteiger partial charge in [-0.15, -0.1) is 0 Å². The monoisotopic (exact) mass is 262 g/mol. The molecule has 1 saturated heterocycles. The molecule has 1 heterocycles. The van der Waals surface area contributed by atoms with Crippen LogP contribution in [0.4, 0.5) is 5.69 Å². The first-order valence-corrected chi connectivity index (χ1v) is 6.88. The Bertz CT molecular complexity index is 414. The van der Waals surface area contributed by atoms with E-state index in [9.17, 15) is 4.79 Å². The van der Waals surface area contributed by atoms with Gasteiger partial charge in [0.2, 0.25) is 5.91 Å². The fraction of sp³-hybridized carbons (Fsp3) is 0.533. The summed E-state index contributed by atoms with van der Waals surface area (Å²) in [6.07, 6.45) is 3.94. The number of amides is 1. The van der Waals surface area contributed by atoms with Crippen molar-refractivity contribution in [2.75, 3.05) is 32.1 Å². The molecule has 1 aliphatic heterocycles. The smallest absolute Gasteiger partial charge is 0.250 e. The van der Waals surface area contributed by atoms with Gasteiger partial charge in [-0.05, 0) is 43.6 Å². The molecule has 0 unspecified atom stereocenters. The molecule has 2 rings (SSSR count). The van der Waals surface area contributed by atoms with Crippen LogP contribution in [0.1, 0.15) is 24.8 Å². The Morgan fingerprint density at radius 1 is 1.32 bits per heavy atom. The lowest BCUT2D eigenvalue weighted by atomic mass is 10.1. The van der Waals surface area contributed by atoms with Gasteiger partial charge in [-0.2, -0.15) is 0 Å². The van der Waals surface area contributed by atoms with Crippen molar-refractivity contribution in [3.05, 3.63) is 29.8 Å². The number of nitrogens with zero attached hydrogens (tertiary/aromatic N) is 1. The van der Waals surface area contributed by atoms with Gasteiger partial charge >= 0.3 is 0 Å². The second-order valence-corrected chi connectivity index (χ2v) is 5.02. The minimum atomic E-state index is -0.113. The Labute approximate surface area is 114 Å². The molecule has 1 aliphatic rings. The van der Waals surface area contributed by atoms with E-state index in [4.69, 9.17) is 4.74 Å². The van der Waals surface area contributed by atoms with Crippen molar-refractivity contribution < 1.29 is 9.53 Å². The van der Waals surface area contributed by atoms with Gasteiger partial charge in [-0.25, -0.2) is 0 Å². The minimum absolute atomic E-state index is 0.0936. The number of hydrogen-bond acceptors (Lipinski definition) is 3. The summed E-state index contributed by atoms with van der Waals surface area (Å²) in [5.74, 6) is -0.113. The van der Waals surface area contributed by atoms with E-state index in [-0.39, 0.29) is 12.5 Å². The van der Waals surface area contributed by atoms with Gasteiger partial charge in [-0.1, -0.05) is 18.6 Å². The number of benzene rings is 1. The Hall–Kier alpha value is -1.39. The molecule has 1 amide bonds. The predicted molar refractivity (Wildman–Crippen MR) is 76.1 cm³/mol. The lowest BCUT2D eigenvalue weighted by Crippen LogP contribution is -2.29. The van der Waals surface area contributed by atoms with Crippen LogP contribution in [0.15, 0.2) is 24.3 Å². The van der Waals surface area contributed by atoms with E-state index in [1.807, 2.05) is 18.2 Å². The third-order valence-electron chi connectivity index (χ3n) is 3.34. The van der Waals surface area contributed by atoms with Crippen molar-refractivity contribution >= 4 is 11.6 Å². The molecule has 4 nitrogen and oxygen atoms in total. The van der Waals surface area contributed by atoms with Crippen molar-refractivity contribution in [1.82, 2.24) is 4.90 Å². The third kappa shape index (κ3) is 4.65. The number of anilines is 1. The van der Waals surface area contributed by atoms with Crippen LogP contribution in [0, 0.1) is 0 Å². The van der Waals surface area contributed by atoms with Gasteiger partial charge in [0, 0.05) is 19.3 Å². The fourth-order valence-corrected chi connectivity index (χ4v) is 2.45. The molecular formula is C15H22N2O2. The summed E-state index contributed by atoms with van der Waals surface area (Å²) in [5, 5.41) is 2.84. The largest absolute Gasteiger partial charge is 0.375 e. The van der Waals surface area contributed by atoms with Crippen LogP contribution in [0.25, 0.3) is 0 Å². The summed E-state index contributed by atoms with van der Waals surface area (Å²) in [5.41, 5.74) is 2.09. The average Bonchev–Trinajstić information content (AvgIpc) is 2.40. The number of carbonyl (C=O) groups excluding carboxylic acids is 1. The number of rotatable bonds is 5. The van der Waals surface area contributed by atoms with Crippen LogP contribution >= 0.6 is 0 Å². The highest BCUT2D eigenvalue weighted by molar-refractivity contribution is 5.91. The molecule has 0 atom stereocenters. The van der Waals surface area contributed by atoms with E-state index in [0.29, 0.717) is 0 Å². The summed E-state index contributed by atoms with van der Waals surface area (Å²) in [7, 11) is 1.52. The Kier molecular flexibility index (Phi) is 5.36. The topological polar surface area (TPSA) is 41.6 Å². The summed E-state index contributed by atoms with van der Waals surface area (Å²) in [4.78, 5) is 13.9. The van der Waals surface area contributed by atoms with Crippen molar-refractivity contribution in [1.29, 1.82) is 0 Å². The van der Waals surface area contributed by atoms with Crippen LogP contribution in [-0.4, -0.2) is 37.6 Å². The molecule has 0 bridgehead atoms. The zero-order chi connectivity index (χ0) is 13.5. The molecule has 0 aliphatic carbocycles. The Morgan fingerprint density at radius 3 is 2.84 bits per heavy atom. The number of carbonyl (C=O) groups is 1. The van der Waals surface area contributed by atoms with E-state index in [0.717, 1.165) is 12.2 Å². The SMILES string of the molecule is COCC(=O)Nc1cccc(CN2CCCCC2)c1. The lowest BCUT2D eigenvalue weighted by molar-refractivity contribution is -0.119. The average molecular weight is 262 g/mol. The molecule has 1 aromatic rings. The van der Waals surface area contributed by atoms with Gasteiger partial charge in [-0.3, -0.25) is 9.69 Å². The van der Waals surface area contributed by atoms with Gasteiger partial charge in [0.05, 0.1) is 0 Å². The number of methoxy groups -OCH3 is 1. The normalized spacial score (nSPS) is 16.3. The number of likely N-dealkylation sites (tertiary alicyclic amines) is 1. The summed E-state index contributed by atoms with van der Waals surface area (Å²) < 4.78 is 4.81. The van der Waals surface area contributed by atoms with Crippen LogP contribution in [0.2, 0.25) is 0 Å². The lowest BCUT2D eigenvalue weighted by Gasteiger charge is -2.26. The van der Waals surface area contributed by atoms with Gasteiger partial charge < -0.3 is 10.1 Å². The molecule has 1 aromatic carbocycles. The maximum absolute atomic E-state index is 11.5. The third-order valence-corrected chi connectivity index (χ3v) is 3.34. The van der Waals surface area contributed by atoms with Gasteiger partial charge in [0.1, 0.15) is 6.61 Å². The molecule has 0 saturated carbocycles. The number of hydrogen-bond donors (Lipinski definition) is 1. The predicted octanol–water partition coefficient (Wildman–Crippen LogP) is 2.26. The fourth-order valence-electron chi connectivity index (χ4n) is 2.45. The highest BCUT2D eigenvalue weighted by atomic mass is 16.5.